The molecule has 212 valence electrons. The highest BCUT2D eigenvalue weighted by Gasteiger charge is 2.46. The van der Waals surface area contributed by atoms with Crippen LogP contribution >= 0.6 is 0 Å². The molecule has 3 heterocycles. The van der Waals surface area contributed by atoms with Crippen LogP contribution in [0.4, 0.5) is 17.6 Å². The number of rotatable bonds is 5. The highest BCUT2D eigenvalue weighted by Crippen LogP contribution is 2.41. The van der Waals surface area contributed by atoms with Gasteiger partial charge in [-0.15, -0.1) is 0 Å². The summed E-state index contributed by atoms with van der Waals surface area (Å²) in [5.74, 6) is -0.783. The van der Waals surface area contributed by atoms with Gasteiger partial charge in [-0.2, -0.15) is 4.98 Å². The van der Waals surface area contributed by atoms with Crippen LogP contribution < -0.4 is 16.2 Å². The number of amides is 1. The van der Waals surface area contributed by atoms with Crippen molar-refractivity contribution < 1.29 is 24.9 Å². The highest BCUT2D eigenvalue weighted by atomic mass is 16.6. The van der Waals surface area contributed by atoms with E-state index in [1.807, 2.05) is 24.3 Å². The number of nitrogens with zero attached hydrogens (tertiary/aromatic N) is 4. The van der Waals surface area contributed by atoms with Crippen LogP contribution in [0, 0.1) is 0 Å². The number of benzene rings is 3. The van der Waals surface area contributed by atoms with E-state index >= 15 is 0 Å². The number of ether oxygens (including phenoxy) is 1. The fourth-order valence-electron chi connectivity index (χ4n) is 5.78. The average Bonchev–Trinajstić information content (AvgIpc) is 3.64. The Morgan fingerprint density at radius 2 is 1.74 bits per heavy atom. The number of H-pyrrole nitrogens is 1. The van der Waals surface area contributed by atoms with E-state index in [1.165, 1.54) is 9.47 Å². The minimum atomic E-state index is -1.55. The molecule has 7 rings (SSSR count). The van der Waals surface area contributed by atoms with E-state index in [4.69, 9.17) is 10.5 Å². The lowest BCUT2D eigenvalue weighted by Crippen LogP contribution is -2.34. The molecule has 1 aliphatic heterocycles. The maximum atomic E-state index is 14.3. The van der Waals surface area contributed by atoms with Crippen molar-refractivity contribution in [2.75, 3.05) is 17.2 Å². The normalized spacial score (nSPS) is 20.9. The topological polar surface area (TPSA) is 180 Å². The smallest absolute Gasteiger partial charge is 0.280 e. The number of nitrogen functional groups attached to an aromatic ring is 1. The van der Waals surface area contributed by atoms with Gasteiger partial charge < -0.3 is 25.8 Å². The van der Waals surface area contributed by atoms with Crippen molar-refractivity contribution in [2.24, 2.45) is 0 Å². The third-order valence-electron chi connectivity index (χ3n) is 7.78. The molecule has 6 N–H and O–H groups in total. The molecule has 0 unspecified atom stereocenters. The van der Waals surface area contributed by atoms with E-state index in [1.54, 1.807) is 36.4 Å². The van der Waals surface area contributed by atoms with Crippen LogP contribution in [0.5, 0.6) is 0 Å². The van der Waals surface area contributed by atoms with E-state index in [-0.39, 0.29) is 23.1 Å². The van der Waals surface area contributed by atoms with Crippen molar-refractivity contribution in [2.45, 2.75) is 31.0 Å². The van der Waals surface area contributed by atoms with Crippen LogP contribution in [-0.4, -0.2) is 65.7 Å². The van der Waals surface area contributed by atoms with Gasteiger partial charge in [-0.1, -0.05) is 48.5 Å². The van der Waals surface area contributed by atoms with Crippen molar-refractivity contribution in [1.82, 2.24) is 19.5 Å². The number of imidazole rings is 1. The fourth-order valence-corrected chi connectivity index (χ4v) is 5.78. The summed E-state index contributed by atoms with van der Waals surface area (Å²) in [5, 5.41) is 31.3. The summed E-state index contributed by atoms with van der Waals surface area (Å²) < 4.78 is 7.11. The standard InChI is InChI=1S/C30H26N6O6/c31-29-33-25-22(26(40)34-29)32-30(36(25)28-24(39)23(38)21(14-37)42-28)35(27(41)15-6-2-1-3-7-15)18-10-11-20-17(13-18)12-16-8-4-5-9-19(16)20/h1-11,13,21,23-24,28,37-39H,12,14H2,(H3,31,33,34,40)/t21-,23-,24-,28-/m1/s1. The Morgan fingerprint density at radius 3 is 2.50 bits per heavy atom. The van der Waals surface area contributed by atoms with Gasteiger partial charge in [0, 0.05) is 5.56 Å². The molecule has 1 fully saturated rings. The zero-order valence-electron chi connectivity index (χ0n) is 22.1. The number of nitrogens with one attached hydrogen (secondary N) is 1. The average molecular weight is 567 g/mol. The van der Waals surface area contributed by atoms with Crippen LogP contribution in [0.25, 0.3) is 22.3 Å². The molecule has 0 spiro atoms. The van der Waals surface area contributed by atoms with E-state index in [2.05, 4.69) is 27.1 Å². The van der Waals surface area contributed by atoms with Gasteiger partial charge in [0.25, 0.3) is 11.5 Å². The third kappa shape index (κ3) is 4.00. The van der Waals surface area contributed by atoms with Crippen LogP contribution in [0.1, 0.15) is 27.7 Å². The summed E-state index contributed by atoms with van der Waals surface area (Å²) in [6.45, 7) is -0.578. The number of aliphatic hydroxyl groups excluding tert-OH is 3. The summed E-state index contributed by atoms with van der Waals surface area (Å²) in [5.41, 5.74) is 10.1. The number of carbonyl (C=O) groups is 1. The molecule has 1 amide bonds. The monoisotopic (exact) mass is 566 g/mol. The summed E-state index contributed by atoms with van der Waals surface area (Å²) in [7, 11) is 0. The number of nitrogens with two attached hydrogens (primary N) is 1. The number of aliphatic hydroxyl groups is 3. The molecule has 1 saturated heterocycles. The Kier molecular flexibility index (Phi) is 6.13. The molecule has 0 bridgehead atoms. The molecule has 2 aliphatic rings. The molecule has 1 aliphatic carbocycles. The summed E-state index contributed by atoms with van der Waals surface area (Å²) in [6.07, 6.45) is -4.84. The summed E-state index contributed by atoms with van der Waals surface area (Å²) >= 11 is 0. The van der Waals surface area contributed by atoms with Crippen LogP contribution in [0.15, 0.2) is 77.6 Å². The van der Waals surface area contributed by atoms with Crippen LogP contribution in [0.2, 0.25) is 0 Å². The Balaban J connectivity index is 1.47. The number of aromatic nitrogens is 4. The number of aromatic amines is 1. The van der Waals surface area contributed by atoms with Crippen LogP contribution in [0.3, 0.4) is 0 Å². The molecule has 4 atom stereocenters. The number of hydrogen-bond acceptors (Lipinski definition) is 9. The van der Waals surface area contributed by atoms with Gasteiger partial charge in [-0.25, -0.2) is 9.88 Å². The van der Waals surface area contributed by atoms with Gasteiger partial charge >= 0.3 is 0 Å². The van der Waals surface area contributed by atoms with Crippen molar-refractivity contribution in [3.05, 3.63) is 99.8 Å². The van der Waals surface area contributed by atoms with E-state index in [9.17, 15) is 24.9 Å². The van der Waals surface area contributed by atoms with E-state index < -0.39 is 42.6 Å². The molecular formula is C30H26N6O6. The summed E-state index contributed by atoms with van der Waals surface area (Å²) in [6, 6.07) is 22.2. The predicted octanol–water partition coefficient (Wildman–Crippen LogP) is 1.86. The number of hydrogen-bond donors (Lipinski definition) is 5. The highest BCUT2D eigenvalue weighted by molar-refractivity contribution is 6.10. The zero-order chi connectivity index (χ0) is 29.1. The van der Waals surface area contributed by atoms with Gasteiger partial charge in [0.1, 0.15) is 18.3 Å². The van der Waals surface area contributed by atoms with Crippen molar-refractivity contribution in [3.63, 3.8) is 0 Å². The Hall–Kier alpha value is -4.88. The molecule has 0 saturated carbocycles. The molecule has 0 radical (unpaired) electrons. The quantitative estimate of drug-likeness (QED) is 0.208. The van der Waals surface area contributed by atoms with Crippen LogP contribution in [-0.2, 0) is 11.2 Å². The number of fused-ring (bicyclic) bond motifs is 4. The van der Waals surface area contributed by atoms with Gasteiger partial charge in [-0.3, -0.25) is 19.1 Å². The van der Waals surface area contributed by atoms with E-state index in [0.29, 0.717) is 17.7 Å². The second kappa shape index (κ2) is 9.89. The lowest BCUT2D eigenvalue weighted by Gasteiger charge is -2.27. The largest absolute Gasteiger partial charge is 0.394 e. The lowest BCUT2D eigenvalue weighted by molar-refractivity contribution is -0.0503. The van der Waals surface area contributed by atoms with E-state index in [0.717, 1.165) is 22.3 Å². The Bertz CT molecular complexity index is 1900. The lowest BCUT2D eigenvalue weighted by atomic mass is 10.0. The van der Waals surface area contributed by atoms with Crippen molar-refractivity contribution in [3.8, 4) is 11.1 Å². The molecule has 42 heavy (non-hydrogen) atoms. The Morgan fingerprint density at radius 1 is 1.00 bits per heavy atom. The van der Waals surface area contributed by atoms with Crippen molar-refractivity contribution >= 4 is 34.7 Å². The molecule has 2 aromatic heterocycles. The molecule has 3 aromatic carbocycles. The molecular weight excluding hydrogens is 540 g/mol. The number of carbonyl (C=O) groups excluding carboxylic acids is 1. The maximum Gasteiger partial charge on any atom is 0.280 e. The minimum Gasteiger partial charge on any atom is -0.394 e. The second-order valence-electron chi connectivity index (χ2n) is 10.3. The third-order valence-corrected chi connectivity index (χ3v) is 7.78. The fraction of sp³-hybridized carbons (Fsp3) is 0.200. The molecule has 12 heteroatoms. The van der Waals surface area contributed by atoms with Gasteiger partial charge in [0.2, 0.25) is 11.9 Å². The number of anilines is 3. The van der Waals surface area contributed by atoms with Gasteiger partial charge in [0.15, 0.2) is 17.4 Å². The first kappa shape index (κ1) is 26.0. The molecule has 5 aromatic rings. The molecule has 12 nitrogen and oxygen atoms in total. The van der Waals surface area contributed by atoms with Gasteiger partial charge in [-0.05, 0) is 52.9 Å². The maximum absolute atomic E-state index is 14.3. The first-order valence-electron chi connectivity index (χ1n) is 13.4. The SMILES string of the molecule is Nc1nc2c(nc(N(C(=O)c3ccccc3)c3ccc4c(c3)Cc3ccccc3-4)n2[C@@H]2O[C@H](CO)[C@@H](O)[C@H]2O)c(=O)[nH]1. The van der Waals surface area contributed by atoms with Crippen molar-refractivity contribution in [1.29, 1.82) is 0 Å². The zero-order valence-corrected chi connectivity index (χ0v) is 22.1. The first-order chi connectivity index (χ1) is 20.4. The predicted molar refractivity (Wildman–Crippen MR) is 153 cm³/mol. The van der Waals surface area contributed by atoms with Gasteiger partial charge in [0.05, 0.1) is 12.3 Å². The minimum absolute atomic E-state index is 0.0690. The first-order valence-corrected chi connectivity index (χ1v) is 13.4. The summed E-state index contributed by atoms with van der Waals surface area (Å²) in [4.78, 5) is 39.8. The second-order valence-corrected chi connectivity index (χ2v) is 10.3. The Labute approximate surface area is 238 Å².